The molecule has 0 bridgehead atoms. The number of rotatable bonds is 8. The molecular formula is C13H18O2S. The van der Waals surface area contributed by atoms with Crippen molar-refractivity contribution in [2.45, 2.75) is 32.1 Å². The summed E-state index contributed by atoms with van der Waals surface area (Å²) in [5.41, 5.74) is 0. The Bertz CT molecular complexity index is 341. The van der Waals surface area contributed by atoms with E-state index < -0.39 is 0 Å². The molecule has 0 spiro atoms. The minimum Gasteiger partial charge on any atom is -0.495 e. The average molecular weight is 238 g/mol. The molecule has 0 aromatic carbocycles. The summed E-state index contributed by atoms with van der Waals surface area (Å²) in [6.07, 6.45) is 6.74. The summed E-state index contributed by atoms with van der Waals surface area (Å²) in [5, 5.41) is 1.89. The van der Waals surface area contributed by atoms with Gasteiger partial charge in [0, 0.05) is 6.42 Å². The number of allylic oxidation sites excluding steroid dienone is 1. The Hall–Kier alpha value is -1.09. The minimum atomic E-state index is 0.199. The van der Waals surface area contributed by atoms with Gasteiger partial charge >= 0.3 is 0 Å². The fourth-order valence-corrected chi connectivity index (χ4v) is 2.35. The SMILES string of the molecule is C=CCCCCCC(=O)c1sccc1OC. The van der Waals surface area contributed by atoms with Gasteiger partial charge in [0.25, 0.3) is 0 Å². The van der Waals surface area contributed by atoms with Crippen molar-refractivity contribution in [3.63, 3.8) is 0 Å². The third-order valence-electron chi connectivity index (χ3n) is 2.41. The van der Waals surface area contributed by atoms with Crippen molar-refractivity contribution >= 4 is 17.1 Å². The van der Waals surface area contributed by atoms with Gasteiger partial charge in [0.2, 0.25) is 0 Å². The summed E-state index contributed by atoms with van der Waals surface area (Å²) in [4.78, 5) is 12.6. The van der Waals surface area contributed by atoms with E-state index in [0.29, 0.717) is 12.2 Å². The number of unbranched alkanes of at least 4 members (excludes halogenated alkanes) is 3. The van der Waals surface area contributed by atoms with Gasteiger partial charge in [-0.3, -0.25) is 4.79 Å². The zero-order valence-electron chi connectivity index (χ0n) is 9.70. The summed E-state index contributed by atoms with van der Waals surface area (Å²) in [5.74, 6) is 0.909. The molecular weight excluding hydrogens is 220 g/mol. The molecule has 0 atom stereocenters. The van der Waals surface area contributed by atoms with Crippen molar-refractivity contribution in [1.29, 1.82) is 0 Å². The molecule has 3 heteroatoms. The second-order valence-corrected chi connectivity index (χ2v) is 4.55. The van der Waals surface area contributed by atoms with E-state index >= 15 is 0 Å². The fraction of sp³-hybridized carbons (Fsp3) is 0.462. The zero-order valence-corrected chi connectivity index (χ0v) is 10.5. The highest BCUT2D eigenvalue weighted by Crippen LogP contribution is 2.26. The van der Waals surface area contributed by atoms with E-state index in [1.807, 2.05) is 17.5 Å². The first-order valence-corrected chi connectivity index (χ1v) is 6.43. The first-order chi connectivity index (χ1) is 7.79. The van der Waals surface area contributed by atoms with Gasteiger partial charge in [0.15, 0.2) is 5.78 Å². The Morgan fingerprint density at radius 2 is 2.31 bits per heavy atom. The van der Waals surface area contributed by atoms with Gasteiger partial charge in [0.1, 0.15) is 10.6 Å². The normalized spacial score (nSPS) is 10.1. The molecule has 88 valence electrons. The second-order valence-electron chi connectivity index (χ2n) is 3.63. The smallest absolute Gasteiger partial charge is 0.176 e. The average Bonchev–Trinajstić information content (AvgIpc) is 2.76. The van der Waals surface area contributed by atoms with Crippen LogP contribution in [0.25, 0.3) is 0 Å². The van der Waals surface area contributed by atoms with Crippen molar-refractivity contribution in [1.82, 2.24) is 0 Å². The van der Waals surface area contributed by atoms with Crippen molar-refractivity contribution in [3.05, 3.63) is 29.0 Å². The van der Waals surface area contributed by atoms with E-state index in [1.165, 1.54) is 11.3 Å². The maximum atomic E-state index is 11.8. The predicted molar refractivity (Wildman–Crippen MR) is 68.5 cm³/mol. The van der Waals surface area contributed by atoms with Gasteiger partial charge in [-0.2, -0.15) is 0 Å². The van der Waals surface area contributed by atoms with Crippen LogP contribution in [0.3, 0.4) is 0 Å². The highest BCUT2D eigenvalue weighted by Gasteiger charge is 2.12. The first kappa shape index (κ1) is 13.0. The molecule has 0 radical (unpaired) electrons. The number of Topliss-reactive ketones (excluding diaryl/α,β-unsaturated/α-hetero) is 1. The number of ether oxygens (including phenoxy) is 1. The topological polar surface area (TPSA) is 26.3 Å². The van der Waals surface area contributed by atoms with Gasteiger partial charge in [-0.1, -0.05) is 12.5 Å². The Kier molecular flexibility index (Phi) is 5.86. The Morgan fingerprint density at radius 3 is 3.00 bits per heavy atom. The van der Waals surface area contributed by atoms with Crippen LogP contribution in [0.2, 0.25) is 0 Å². The maximum absolute atomic E-state index is 11.8. The molecule has 2 nitrogen and oxygen atoms in total. The van der Waals surface area contributed by atoms with Crippen LogP contribution in [0.4, 0.5) is 0 Å². The molecule has 0 unspecified atom stereocenters. The second kappa shape index (κ2) is 7.23. The maximum Gasteiger partial charge on any atom is 0.176 e. The van der Waals surface area contributed by atoms with Crippen LogP contribution in [-0.4, -0.2) is 12.9 Å². The van der Waals surface area contributed by atoms with E-state index in [4.69, 9.17) is 4.74 Å². The molecule has 0 amide bonds. The van der Waals surface area contributed by atoms with Crippen LogP contribution in [0, 0.1) is 0 Å². The number of hydrogen-bond donors (Lipinski definition) is 0. The molecule has 1 rings (SSSR count). The zero-order chi connectivity index (χ0) is 11.8. The number of carbonyl (C=O) groups excluding carboxylic acids is 1. The summed E-state index contributed by atoms with van der Waals surface area (Å²) < 4.78 is 5.13. The first-order valence-electron chi connectivity index (χ1n) is 5.55. The lowest BCUT2D eigenvalue weighted by Crippen LogP contribution is -1.98. The number of carbonyl (C=O) groups is 1. The molecule has 1 aromatic rings. The number of hydrogen-bond acceptors (Lipinski definition) is 3. The van der Waals surface area contributed by atoms with E-state index in [2.05, 4.69) is 6.58 Å². The van der Waals surface area contributed by atoms with Gasteiger partial charge < -0.3 is 4.74 Å². The third kappa shape index (κ3) is 3.81. The highest BCUT2D eigenvalue weighted by atomic mass is 32.1. The summed E-state index contributed by atoms with van der Waals surface area (Å²) in [6, 6.07) is 1.84. The molecule has 1 aromatic heterocycles. The Labute approximate surface area is 101 Å². The molecule has 16 heavy (non-hydrogen) atoms. The van der Waals surface area contributed by atoms with Crippen LogP contribution in [0.1, 0.15) is 41.8 Å². The van der Waals surface area contributed by atoms with E-state index in [-0.39, 0.29) is 5.78 Å². The van der Waals surface area contributed by atoms with Crippen molar-refractivity contribution in [3.8, 4) is 5.75 Å². The minimum absolute atomic E-state index is 0.199. The highest BCUT2D eigenvalue weighted by molar-refractivity contribution is 7.12. The Balaban J connectivity index is 2.32. The van der Waals surface area contributed by atoms with Gasteiger partial charge in [-0.25, -0.2) is 0 Å². The number of methoxy groups -OCH3 is 1. The molecule has 0 saturated carbocycles. The predicted octanol–water partition coefficient (Wildman–Crippen LogP) is 4.08. The standard InChI is InChI=1S/C13H18O2S/c1-3-4-5-6-7-8-11(14)13-12(15-2)9-10-16-13/h3,9-10H,1,4-8H2,2H3. The van der Waals surface area contributed by atoms with Crippen LogP contribution in [-0.2, 0) is 0 Å². The molecule has 0 aliphatic rings. The van der Waals surface area contributed by atoms with Crippen LogP contribution in [0.15, 0.2) is 24.1 Å². The van der Waals surface area contributed by atoms with Crippen molar-refractivity contribution in [2.75, 3.05) is 7.11 Å². The van der Waals surface area contributed by atoms with Crippen molar-refractivity contribution in [2.24, 2.45) is 0 Å². The third-order valence-corrected chi connectivity index (χ3v) is 3.35. The Morgan fingerprint density at radius 1 is 1.50 bits per heavy atom. The van der Waals surface area contributed by atoms with Crippen LogP contribution < -0.4 is 4.74 Å². The van der Waals surface area contributed by atoms with Gasteiger partial charge in [0.05, 0.1) is 7.11 Å². The molecule has 0 aliphatic heterocycles. The largest absolute Gasteiger partial charge is 0.495 e. The molecule has 0 saturated heterocycles. The van der Waals surface area contributed by atoms with Crippen LogP contribution in [0.5, 0.6) is 5.75 Å². The molecule has 0 aliphatic carbocycles. The lowest BCUT2D eigenvalue weighted by atomic mass is 10.1. The number of ketones is 1. The van der Waals surface area contributed by atoms with E-state index in [0.717, 1.165) is 30.6 Å². The van der Waals surface area contributed by atoms with Crippen LogP contribution >= 0.6 is 11.3 Å². The summed E-state index contributed by atoms with van der Waals surface area (Å²) in [7, 11) is 1.60. The van der Waals surface area contributed by atoms with E-state index in [1.54, 1.807) is 7.11 Å². The van der Waals surface area contributed by atoms with Gasteiger partial charge in [-0.15, -0.1) is 17.9 Å². The monoisotopic (exact) mass is 238 g/mol. The van der Waals surface area contributed by atoms with Gasteiger partial charge in [-0.05, 0) is 30.7 Å². The molecule has 0 N–H and O–H groups in total. The van der Waals surface area contributed by atoms with E-state index in [9.17, 15) is 4.79 Å². The van der Waals surface area contributed by atoms with Crippen molar-refractivity contribution < 1.29 is 9.53 Å². The lowest BCUT2D eigenvalue weighted by molar-refractivity contribution is 0.0980. The fourth-order valence-electron chi connectivity index (χ4n) is 1.53. The summed E-state index contributed by atoms with van der Waals surface area (Å²) in [6.45, 7) is 3.67. The molecule has 1 heterocycles. The lowest BCUT2D eigenvalue weighted by Gasteiger charge is -2.01. The number of thiophene rings is 1. The molecule has 0 fully saturated rings. The quantitative estimate of drug-likeness (QED) is 0.387. The summed E-state index contributed by atoms with van der Waals surface area (Å²) >= 11 is 1.46.